The maximum absolute atomic E-state index is 11.5. The molecular weight excluding hydrogens is 327 g/mol. The standard InChI is InChI=1S/C17H23BO7/c1-16(2)17(3,4)25-18(24-16)11(8-14(19)20)10-6-12(21-5)15-13(7-10)22-9-23-15/h6-7,11H,8-9H2,1-5H3,(H,19,20). The number of ether oxygens (including phenoxy) is 3. The third-order valence-electron chi connectivity index (χ3n) is 5.10. The first-order chi connectivity index (χ1) is 11.6. The number of carboxylic acid groups (broad SMARTS) is 1. The summed E-state index contributed by atoms with van der Waals surface area (Å²) in [5.41, 5.74) is -0.383. The number of aliphatic carboxylic acids is 1. The smallest absolute Gasteiger partial charge is 0.466 e. The van der Waals surface area contributed by atoms with Gasteiger partial charge in [0.05, 0.1) is 24.7 Å². The van der Waals surface area contributed by atoms with Crippen molar-refractivity contribution in [1.82, 2.24) is 0 Å². The highest BCUT2D eigenvalue weighted by atomic mass is 16.7. The van der Waals surface area contributed by atoms with Gasteiger partial charge in [0.25, 0.3) is 0 Å². The summed E-state index contributed by atoms with van der Waals surface area (Å²) in [6.07, 6.45) is -0.139. The number of hydrogen-bond acceptors (Lipinski definition) is 6. The zero-order valence-electron chi connectivity index (χ0n) is 15.1. The van der Waals surface area contributed by atoms with Gasteiger partial charge < -0.3 is 28.6 Å². The number of rotatable bonds is 5. The van der Waals surface area contributed by atoms with Crippen LogP contribution in [0, 0.1) is 0 Å². The van der Waals surface area contributed by atoms with E-state index in [-0.39, 0.29) is 13.2 Å². The average Bonchev–Trinajstić information content (AvgIpc) is 3.05. The van der Waals surface area contributed by atoms with Crippen molar-refractivity contribution in [3.05, 3.63) is 17.7 Å². The van der Waals surface area contributed by atoms with Crippen molar-refractivity contribution < 1.29 is 33.4 Å². The highest BCUT2D eigenvalue weighted by Gasteiger charge is 2.54. The molecule has 2 heterocycles. The van der Waals surface area contributed by atoms with Crippen LogP contribution < -0.4 is 14.2 Å². The molecule has 1 atom stereocenters. The largest absolute Gasteiger partial charge is 0.493 e. The molecule has 3 rings (SSSR count). The molecule has 136 valence electrons. The van der Waals surface area contributed by atoms with E-state index in [2.05, 4.69) is 0 Å². The molecule has 25 heavy (non-hydrogen) atoms. The van der Waals surface area contributed by atoms with Gasteiger partial charge >= 0.3 is 13.1 Å². The second kappa shape index (κ2) is 6.11. The van der Waals surface area contributed by atoms with Gasteiger partial charge in [-0.3, -0.25) is 4.79 Å². The van der Waals surface area contributed by atoms with Crippen molar-refractivity contribution in [2.45, 2.75) is 51.1 Å². The lowest BCUT2D eigenvalue weighted by atomic mass is 9.66. The number of carbonyl (C=O) groups is 1. The normalized spacial score (nSPS) is 21.2. The maximum Gasteiger partial charge on any atom is 0.466 e. The second-order valence-corrected chi connectivity index (χ2v) is 7.29. The quantitative estimate of drug-likeness (QED) is 0.817. The lowest BCUT2D eigenvalue weighted by molar-refractivity contribution is -0.137. The molecule has 0 bridgehead atoms. The van der Waals surface area contributed by atoms with Crippen molar-refractivity contribution in [3.8, 4) is 17.2 Å². The van der Waals surface area contributed by atoms with E-state index >= 15 is 0 Å². The Kier molecular flexibility index (Phi) is 4.37. The predicted molar refractivity (Wildman–Crippen MR) is 90.2 cm³/mol. The molecule has 0 amide bonds. The van der Waals surface area contributed by atoms with Crippen LogP contribution in [0.1, 0.15) is 45.5 Å². The number of hydrogen-bond donors (Lipinski definition) is 1. The Balaban J connectivity index is 1.99. The highest BCUT2D eigenvalue weighted by molar-refractivity contribution is 6.48. The molecule has 1 fully saturated rings. The first-order valence-corrected chi connectivity index (χ1v) is 8.19. The fourth-order valence-electron chi connectivity index (χ4n) is 2.98. The van der Waals surface area contributed by atoms with Crippen LogP contribution in [0.4, 0.5) is 0 Å². The average molecular weight is 350 g/mol. The summed E-state index contributed by atoms with van der Waals surface area (Å²) in [7, 11) is 0.841. The van der Waals surface area contributed by atoms with Gasteiger partial charge in [0.2, 0.25) is 12.5 Å². The summed E-state index contributed by atoms with van der Waals surface area (Å²) in [5, 5.41) is 9.39. The van der Waals surface area contributed by atoms with Gasteiger partial charge in [-0.25, -0.2) is 0 Å². The first kappa shape index (κ1) is 17.9. The zero-order chi connectivity index (χ0) is 18.4. The lowest BCUT2D eigenvalue weighted by Crippen LogP contribution is -2.41. The molecule has 0 spiro atoms. The molecule has 1 saturated heterocycles. The molecule has 7 nitrogen and oxygen atoms in total. The van der Waals surface area contributed by atoms with Gasteiger partial charge in [-0.2, -0.15) is 0 Å². The van der Waals surface area contributed by atoms with Crippen molar-refractivity contribution in [3.63, 3.8) is 0 Å². The monoisotopic (exact) mass is 350 g/mol. The van der Waals surface area contributed by atoms with Crippen LogP contribution in [-0.4, -0.2) is 43.3 Å². The van der Waals surface area contributed by atoms with Crippen LogP contribution in [0.25, 0.3) is 0 Å². The lowest BCUT2D eigenvalue weighted by Gasteiger charge is -2.32. The van der Waals surface area contributed by atoms with Gasteiger partial charge in [0, 0.05) is 5.82 Å². The van der Waals surface area contributed by atoms with E-state index in [1.807, 2.05) is 27.7 Å². The van der Waals surface area contributed by atoms with Crippen LogP contribution >= 0.6 is 0 Å². The van der Waals surface area contributed by atoms with Gasteiger partial charge in [-0.1, -0.05) is 0 Å². The Bertz CT molecular complexity index is 670. The highest BCUT2D eigenvalue weighted by Crippen LogP contribution is 2.46. The van der Waals surface area contributed by atoms with Crippen LogP contribution in [0.5, 0.6) is 17.2 Å². The third kappa shape index (κ3) is 3.16. The van der Waals surface area contributed by atoms with Crippen molar-refractivity contribution >= 4 is 13.1 Å². The summed E-state index contributed by atoms with van der Waals surface area (Å²) >= 11 is 0. The Labute approximate surface area is 147 Å². The Morgan fingerprint density at radius 1 is 1.24 bits per heavy atom. The van der Waals surface area contributed by atoms with Gasteiger partial charge in [0.15, 0.2) is 11.5 Å². The fourth-order valence-corrected chi connectivity index (χ4v) is 2.98. The summed E-state index contributed by atoms with van der Waals surface area (Å²) in [6.45, 7) is 7.85. The van der Waals surface area contributed by atoms with E-state index in [9.17, 15) is 9.90 Å². The summed E-state index contributed by atoms with van der Waals surface area (Å²) in [6, 6.07) is 3.52. The topological polar surface area (TPSA) is 83.5 Å². The minimum Gasteiger partial charge on any atom is -0.493 e. The summed E-state index contributed by atoms with van der Waals surface area (Å²) < 4.78 is 28.4. The molecule has 2 aliphatic rings. The predicted octanol–water partition coefficient (Wildman–Crippen LogP) is 2.61. The Morgan fingerprint density at radius 3 is 2.44 bits per heavy atom. The zero-order valence-corrected chi connectivity index (χ0v) is 15.1. The van der Waals surface area contributed by atoms with Crippen molar-refractivity contribution in [2.75, 3.05) is 13.9 Å². The van der Waals surface area contributed by atoms with E-state index in [4.69, 9.17) is 23.5 Å². The van der Waals surface area contributed by atoms with Crippen LogP contribution in [-0.2, 0) is 14.1 Å². The molecule has 1 aromatic rings. The molecule has 0 radical (unpaired) electrons. The van der Waals surface area contributed by atoms with Gasteiger partial charge in [-0.15, -0.1) is 0 Å². The molecule has 8 heteroatoms. The molecule has 0 aliphatic carbocycles. The number of fused-ring (bicyclic) bond motifs is 1. The van der Waals surface area contributed by atoms with Gasteiger partial charge in [-0.05, 0) is 45.4 Å². The molecule has 1 unspecified atom stereocenters. The molecule has 2 aliphatic heterocycles. The van der Waals surface area contributed by atoms with Crippen molar-refractivity contribution in [1.29, 1.82) is 0 Å². The maximum atomic E-state index is 11.5. The minimum atomic E-state index is -0.934. The van der Waals surface area contributed by atoms with E-state index in [0.29, 0.717) is 22.8 Å². The SMILES string of the molecule is COc1cc(C(CC(=O)O)B2OC(C)(C)C(C)(C)O2)cc2c1OCO2. The van der Waals surface area contributed by atoms with E-state index in [1.165, 1.54) is 7.11 Å². The summed E-state index contributed by atoms with van der Waals surface area (Å²) in [4.78, 5) is 11.5. The van der Waals surface area contributed by atoms with Crippen molar-refractivity contribution in [2.24, 2.45) is 0 Å². The number of methoxy groups -OCH3 is 1. The van der Waals surface area contributed by atoms with E-state index in [1.54, 1.807) is 12.1 Å². The van der Waals surface area contributed by atoms with Crippen LogP contribution in [0.3, 0.4) is 0 Å². The van der Waals surface area contributed by atoms with Crippen LogP contribution in [0.2, 0.25) is 0 Å². The third-order valence-corrected chi connectivity index (χ3v) is 5.10. The Hall–Kier alpha value is -1.93. The number of benzene rings is 1. The molecule has 1 aromatic carbocycles. The molecule has 0 saturated carbocycles. The van der Waals surface area contributed by atoms with E-state index in [0.717, 1.165) is 0 Å². The Morgan fingerprint density at radius 2 is 1.88 bits per heavy atom. The van der Waals surface area contributed by atoms with E-state index < -0.39 is 30.1 Å². The first-order valence-electron chi connectivity index (χ1n) is 8.19. The number of carboxylic acids is 1. The molecule has 1 N–H and O–H groups in total. The minimum absolute atomic E-state index is 0.106. The van der Waals surface area contributed by atoms with Gasteiger partial charge in [0.1, 0.15) is 0 Å². The summed E-state index contributed by atoms with van der Waals surface area (Å²) in [5.74, 6) is 0.103. The van der Waals surface area contributed by atoms with Crippen LogP contribution in [0.15, 0.2) is 12.1 Å². The fraction of sp³-hybridized carbons (Fsp3) is 0.588. The second-order valence-electron chi connectivity index (χ2n) is 7.29. The molecular formula is C17H23BO7. The molecule has 0 aromatic heterocycles.